The third kappa shape index (κ3) is 14.5. The van der Waals surface area contributed by atoms with E-state index in [1.807, 2.05) is 0 Å². The van der Waals surface area contributed by atoms with Gasteiger partial charge in [-0.25, -0.2) is 0 Å². The number of anilines is 4. The van der Waals surface area contributed by atoms with E-state index in [1.165, 1.54) is 68.8 Å². The van der Waals surface area contributed by atoms with Crippen LogP contribution in [0, 0.1) is 0 Å². The number of ketones is 2. The highest BCUT2D eigenvalue weighted by atomic mass is 35.5. The summed E-state index contributed by atoms with van der Waals surface area (Å²) in [5.41, 5.74) is 3.55. The minimum absolute atomic E-state index is 0.0517. The lowest BCUT2D eigenvalue weighted by Gasteiger charge is -2.17. The van der Waals surface area contributed by atoms with Crippen molar-refractivity contribution in [3.05, 3.63) is 129 Å². The van der Waals surface area contributed by atoms with Crippen LogP contribution in [0.4, 0.5) is 34.1 Å². The van der Waals surface area contributed by atoms with Crippen molar-refractivity contribution in [2.75, 3.05) is 47.2 Å². The second-order valence-electron chi connectivity index (χ2n) is 15.0. The van der Waals surface area contributed by atoms with Gasteiger partial charge < -0.3 is 30.7 Å². The van der Waals surface area contributed by atoms with Crippen molar-refractivity contribution in [3.8, 4) is 11.5 Å². The van der Waals surface area contributed by atoms with Crippen molar-refractivity contribution in [2.24, 2.45) is 20.5 Å². The number of amides is 4. The number of carbonyl (C=O) groups excluding carboxylic acids is 6. The third-order valence-corrected chi connectivity index (χ3v) is 11.4. The SMILES string of the molecule is COc1ccc(NC(=O)c2cc(N=NC(C(C)=O)C(=O)Nc3ccc(NC(=O)C(N=Nc4ccc(Cl)c(C(=O)Nc5ccc(OC)cc5CCCl)c4)C(C)=O)c(C(C)Cl)c3)ccc2Cl)c(CCCl)c1. The Morgan fingerprint density at radius 3 is 1.41 bits per heavy atom. The zero-order valence-corrected chi connectivity index (χ0v) is 41.4. The van der Waals surface area contributed by atoms with Gasteiger partial charge in [0, 0.05) is 34.5 Å². The summed E-state index contributed by atoms with van der Waals surface area (Å²) in [6.45, 7) is 3.94. The summed E-state index contributed by atoms with van der Waals surface area (Å²) in [7, 11) is 3.05. The van der Waals surface area contributed by atoms with Crippen LogP contribution in [0.15, 0.2) is 111 Å². The molecule has 0 radical (unpaired) electrons. The number of Topliss-reactive ketones (excluding diaryl/α,β-unsaturated/α-hetero) is 2. The Morgan fingerprint density at radius 1 is 0.565 bits per heavy atom. The Morgan fingerprint density at radius 2 is 1.00 bits per heavy atom. The predicted octanol–water partition coefficient (Wildman–Crippen LogP) is 11.7. The number of azo groups is 2. The van der Waals surface area contributed by atoms with E-state index in [-0.39, 0.29) is 43.9 Å². The molecule has 0 saturated heterocycles. The van der Waals surface area contributed by atoms with Crippen LogP contribution in [-0.2, 0) is 32.0 Å². The number of nitrogens with one attached hydrogen (secondary N) is 4. The third-order valence-electron chi connectivity index (χ3n) is 10.1. The Kier molecular flexibility index (Phi) is 19.6. The minimum Gasteiger partial charge on any atom is -0.497 e. The molecule has 5 aromatic rings. The van der Waals surface area contributed by atoms with E-state index >= 15 is 0 Å². The topological polar surface area (TPSA) is 218 Å². The number of carbonyl (C=O) groups is 6. The van der Waals surface area contributed by atoms with E-state index in [9.17, 15) is 28.8 Å². The molecule has 4 N–H and O–H groups in total. The minimum atomic E-state index is -1.62. The molecule has 360 valence electrons. The fraction of sp³-hybridized carbons (Fsp3) is 0.250. The fourth-order valence-corrected chi connectivity index (χ4v) is 7.51. The van der Waals surface area contributed by atoms with Crippen LogP contribution < -0.4 is 30.7 Å². The Labute approximate surface area is 422 Å². The Balaban J connectivity index is 1.28. The summed E-state index contributed by atoms with van der Waals surface area (Å²) in [4.78, 5) is 79.1. The second kappa shape index (κ2) is 25.3. The van der Waals surface area contributed by atoms with E-state index in [4.69, 9.17) is 67.5 Å². The molecular weight excluding hydrogens is 994 g/mol. The first kappa shape index (κ1) is 53.5. The van der Waals surface area contributed by atoms with E-state index < -0.39 is 52.7 Å². The summed E-state index contributed by atoms with van der Waals surface area (Å²) in [5, 5.41) is 26.6. The molecule has 69 heavy (non-hydrogen) atoms. The molecule has 0 aliphatic rings. The van der Waals surface area contributed by atoms with Crippen LogP contribution in [-0.4, -0.2) is 73.3 Å². The van der Waals surface area contributed by atoms with Gasteiger partial charge >= 0.3 is 0 Å². The number of halogens is 5. The second-order valence-corrected chi connectivity index (χ2v) is 17.2. The average molecular weight is 1040 g/mol. The smallest absolute Gasteiger partial charge is 0.258 e. The van der Waals surface area contributed by atoms with E-state index in [0.29, 0.717) is 53.0 Å². The highest BCUT2D eigenvalue weighted by Gasteiger charge is 2.27. The molecule has 5 rings (SSSR count). The molecular formula is C48H45Cl5N8O8. The lowest BCUT2D eigenvalue weighted by molar-refractivity contribution is -0.127. The van der Waals surface area contributed by atoms with Crippen LogP contribution in [0.25, 0.3) is 0 Å². The Hall–Kier alpha value is -6.43. The first-order valence-corrected chi connectivity index (χ1v) is 23.1. The van der Waals surface area contributed by atoms with Gasteiger partial charge in [0.15, 0.2) is 11.6 Å². The van der Waals surface area contributed by atoms with Gasteiger partial charge in [0.2, 0.25) is 12.1 Å². The van der Waals surface area contributed by atoms with Crippen molar-refractivity contribution in [2.45, 2.75) is 51.1 Å². The van der Waals surface area contributed by atoms with Gasteiger partial charge in [-0.1, -0.05) is 23.2 Å². The van der Waals surface area contributed by atoms with Crippen LogP contribution in [0.3, 0.4) is 0 Å². The number of methoxy groups -OCH3 is 2. The van der Waals surface area contributed by atoms with Crippen LogP contribution in [0.2, 0.25) is 10.0 Å². The molecule has 0 aromatic heterocycles. The molecule has 3 unspecified atom stereocenters. The number of hydrogen-bond donors (Lipinski definition) is 4. The number of alkyl halides is 3. The Bertz CT molecular complexity index is 2820. The highest BCUT2D eigenvalue weighted by Crippen LogP contribution is 2.33. The number of rotatable bonds is 21. The molecule has 0 fully saturated rings. The molecule has 0 spiro atoms. The molecule has 0 aliphatic heterocycles. The quantitative estimate of drug-likeness (QED) is 0.0314. The maximum absolute atomic E-state index is 13.5. The van der Waals surface area contributed by atoms with Gasteiger partial charge in [-0.15, -0.1) is 34.8 Å². The van der Waals surface area contributed by atoms with Crippen LogP contribution in [0.5, 0.6) is 11.5 Å². The monoisotopic (exact) mass is 1040 g/mol. The highest BCUT2D eigenvalue weighted by molar-refractivity contribution is 6.35. The van der Waals surface area contributed by atoms with Crippen molar-refractivity contribution in [3.63, 3.8) is 0 Å². The average Bonchev–Trinajstić information content (AvgIpc) is 3.31. The lowest BCUT2D eigenvalue weighted by Crippen LogP contribution is -2.32. The molecule has 16 nitrogen and oxygen atoms in total. The van der Waals surface area contributed by atoms with Crippen LogP contribution >= 0.6 is 58.0 Å². The number of ether oxygens (including phenoxy) is 2. The zero-order chi connectivity index (χ0) is 50.4. The first-order chi connectivity index (χ1) is 33.0. The van der Waals surface area contributed by atoms with Crippen molar-refractivity contribution >= 4 is 127 Å². The zero-order valence-electron chi connectivity index (χ0n) is 37.7. The maximum atomic E-state index is 13.5. The van der Waals surface area contributed by atoms with Gasteiger partial charge in [0.05, 0.1) is 52.1 Å². The van der Waals surface area contributed by atoms with Gasteiger partial charge in [-0.2, -0.15) is 20.5 Å². The molecule has 0 heterocycles. The van der Waals surface area contributed by atoms with E-state index in [1.54, 1.807) is 43.3 Å². The molecule has 0 saturated carbocycles. The normalized spacial score (nSPS) is 12.5. The van der Waals surface area contributed by atoms with Crippen LogP contribution in [0.1, 0.15) is 63.6 Å². The van der Waals surface area contributed by atoms with Gasteiger partial charge in [-0.05, 0) is 141 Å². The lowest BCUT2D eigenvalue weighted by atomic mass is 10.1. The summed E-state index contributed by atoms with van der Waals surface area (Å²) < 4.78 is 10.6. The van der Waals surface area contributed by atoms with Crippen molar-refractivity contribution < 1.29 is 38.2 Å². The van der Waals surface area contributed by atoms with Gasteiger partial charge in [0.25, 0.3) is 23.6 Å². The summed E-state index contributed by atoms with van der Waals surface area (Å²) in [6.07, 6.45) is 0.910. The number of aryl methyl sites for hydroxylation is 2. The molecule has 21 heteroatoms. The molecule has 4 amide bonds. The number of nitrogens with zero attached hydrogens (tertiary/aromatic N) is 4. The van der Waals surface area contributed by atoms with Crippen molar-refractivity contribution in [1.29, 1.82) is 0 Å². The summed E-state index contributed by atoms with van der Waals surface area (Å²) >= 11 is 31.2. The molecule has 0 aliphatic carbocycles. The van der Waals surface area contributed by atoms with E-state index in [0.717, 1.165) is 25.0 Å². The molecule has 3 atom stereocenters. The van der Waals surface area contributed by atoms with Gasteiger partial charge in [-0.3, -0.25) is 28.8 Å². The largest absolute Gasteiger partial charge is 0.497 e. The van der Waals surface area contributed by atoms with E-state index in [2.05, 4.69) is 41.7 Å². The summed E-state index contributed by atoms with van der Waals surface area (Å²) in [6, 6.07) is 19.9. The maximum Gasteiger partial charge on any atom is 0.258 e. The standard InChI is InChI=1S/C48H45Cl5N8O8/c1-25(51)35-22-30(54-47(66)43(26(2)62)60-58-31-6-11-38(52)36(23-31)45(64)55-40-14-9-33(68-4)20-28(40)16-18-49)8-13-42(35)57-48(67)44(27(3)63)61-59-32-7-12-39(53)37(24-32)46(65)56-41-15-10-34(69-5)21-29(41)17-19-50/h6-15,20-25,43-44H,16-19H2,1-5H3,(H,54,66)(H,55,64)(H,56,65)(H,57,67). The predicted molar refractivity (Wildman–Crippen MR) is 270 cm³/mol. The fourth-order valence-electron chi connectivity index (χ4n) is 6.51. The first-order valence-electron chi connectivity index (χ1n) is 20.9. The molecule has 5 aromatic carbocycles. The molecule has 0 bridgehead atoms. The number of benzene rings is 5. The summed E-state index contributed by atoms with van der Waals surface area (Å²) in [5.74, 6) is -2.30. The van der Waals surface area contributed by atoms with Gasteiger partial charge in [0.1, 0.15) is 11.5 Å². The van der Waals surface area contributed by atoms with Crippen molar-refractivity contribution in [1.82, 2.24) is 0 Å². The number of hydrogen-bond acceptors (Lipinski definition) is 12.